The third-order valence-corrected chi connectivity index (χ3v) is 3.72. The molecule has 0 aliphatic carbocycles. The van der Waals surface area contributed by atoms with Crippen molar-refractivity contribution in [3.63, 3.8) is 0 Å². The van der Waals surface area contributed by atoms with Gasteiger partial charge in [0, 0.05) is 12.6 Å². The molecule has 1 heteroatoms. The van der Waals surface area contributed by atoms with Crippen molar-refractivity contribution in [3.8, 4) is 0 Å². The maximum absolute atomic E-state index is 3.99. The summed E-state index contributed by atoms with van der Waals surface area (Å²) in [6.07, 6.45) is 4.04. The Balaban J connectivity index is 2.20. The molecule has 1 atom stereocenters. The largest absolute Gasteiger partial charge is 0.307 e. The molecular formula is C21H23N. The van der Waals surface area contributed by atoms with Gasteiger partial charge in [-0.3, -0.25) is 0 Å². The molecule has 2 aromatic carbocycles. The van der Waals surface area contributed by atoms with Crippen LogP contribution < -0.4 is 5.32 Å². The fourth-order valence-electron chi connectivity index (χ4n) is 2.28. The molecule has 1 N–H and O–H groups in total. The quantitative estimate of drug-likeness (QED) is 0.719. The minimum absolute atomic E-state index is 0.224. The smallest absolute Gasteiger partial charge is 0.0288 e. The van der Waals surface area contributed by atoms with Crippen LogP contribution in [-0.2, 0) is 0 Å². The van der Waals surface area contributed by atoms with Gasteiger partial charge in [0.2, 0.25) is 0 Å². The fourth-order valence-corrected chi connectivity index (χ4v) is 2.28. The zero-order valence-corrected chi connectivity index (χ0v) is 13.1. The first-order valence-electron chi connectivity index (χ1n) is 7.58. The number of benzene rings is 2. The van der Waals surface area contributed by atoms with Gasteiger partial charge in [0.05, 0.1) is 0 Å². The van der Waals surface area contributed by atoms with E-state index in [1.54, 1.807) is 6.08 Å². The van der Waals surface area contributed by atoms with Crippen LogP contribution in [-0.4, -0.2) is 12.6 Å². The Morgan fingerprint density at radius 1 is 1.00 bits per heavy atom. The average Bonchev–Trinajstić information content (AvgIpc) is 2.59. The summed E-state index contributed by atoms with van der Waals surface area (Å²) in [4.78, 5) is 0. The van der Waals surface area contributed by atoms with Gasteiger partial charge in [0.25, 0.3) is 0 Å². The van der Waals surface area contributed by atoms with E-state index >= 15 is 0 Å². The second kappa shape index (κ2) is 8.16. The van der Waals surface area contributed by atoms with Crippen LogP contribution in [0.5, 0.6) is 0 Å². The van der Waals surface area contributed by atoms with Crippen molar-refractivity contribution in [1.82, 2.24) is 5.32 Å². The molecule has 0 spiro atoms. The van der Waals surface area contributed by atoms with Crippen molar-refractivity contribution in [1.29, 1.82) is 0 Å². The Morgan fingerprint density at radius 2 is 1.50 bits per heavy atom. The van der Waals surface area contributed by atoms with Crippen LogP contribution in [0.4, 0.5) is 0 Å². The number of hydrogen-bond acceptors (Lipinski definition) is 1. The van der Waals surface area contributed by atoms with Crippen molar-refractivity contribution >= 4 is 5.57 Å². The molecule has 2 rings (SSSR count). The molecule has 0 bridgehead atoms. The van der Waals surface area contributed by atoms with E-state index in [1.807, 2.05) is 12.1 Å². The Labute approximate surface area is 133 Å². The van der Waals surface area contributed by atoms with Crippen molar-refractivity contribution in [2.75, 3.05) is 6.54 Å². The Kier molecular flexibility index (Phi) is 5.93. The maximum atomic E-state index is 3.99. The highest BCUT2D eigenvalue weighted by Crippen LogP contribution is 2.22. The monoisotopic (exact) mass is 289 g/mol. The van der Waals surface area contributed by atoms with Crippen LogP contribution in [0.1, 0.15) is 18.1 Å². The van der Waals surface area contributed by atoms with Gasteiger partial charge in [-0.25, -0.2) is 0 Å². The van der Waals surface area contributed by atoms with Crippen LogP contribution >= 0.6 is 0 Å². The van der Waals surface area contributed by atoms with Crippen LogP contribution in [0.3, 0.4) is 0 Å². The van der Waals surface area contributed by atoms with Crippen molar-refractivity contribution < 1.29 is 0 Å². The zero-order valence-electron chi connectivity index (χ0n) is 13.1. The van der Waals surface area contributed by atoms with Gasteiger partial charge in [-0.1, -0.05) is 86.0 Å². The summed E-state index contributed by atoms with van der Waals surface area (Å²) in [5.74, 6) is 0. The molecule has 0 saturated heterocycles. The summed E-state index contributed by atoms with van der Waals surface area (Å²) in [5, 5.41) is 3.46. The van der Waals surface area contributed by atoms with Crippen LogP contribution in [0.25, 0.3) is 5.57 Å². The van der Waals surface area contributed by atoms with E-state index in [4.69, 9.17) is 0 Å². The molecule has 22 heavy (non-hydrogen) atoms. The molecule has 0 aliphatic heterocycles. The summed E-state index contributed by atoms with van der Waals surface area (Å²) in [6.45, 7) is 10.6. The van der Waals surface area contributed by atoms with Crippen molar-refractivity contribution in [3.05, 3.63) is 103 Å². The fraction of sp³-hybridized carbons (Fsp3) is 0.143. The van der Waals surface area contributed by atoms with Crippen LogP contribution in [0, 0.1) is 0 Å². The van der Waals surface area contributed by atoms with Crippen LogP contribution in [0.2, 0.25) is 0 Å². The molecule has 1 unspecified atom stereocenters. The molecule has 1 nitrogen and oxygen atoms in total. The van der Waals surface area contributed by atoms with Gasteiger partial charge in [0.15, 0.2) is 0 Å². The van der Waals surface area contributed by atoms with Gasteiger partial charge in [0.1, 0.15) is 0 Å². The predicted molar refractivity (Wildman–Crippen MR) is 96.8 cm³/mol. The summed E-state index contributed by atoms with van der Waals surface area (Å²) in [6, 6.07) is 21.2. The highest BCUT2D eigenvalue weighted by Gasteiger charge is 2.05. The van der Waals surface area contributed by atoms with Gasteiger partial charge < -0.3 is 5.32 Å². The molecule has 0 aliphatic rings. The summed E-state index contributed by atoms with van der Waals surface area (Å²) < 4.78 is 0. The van der Waals surface area contributed by atoms with E-state index in [-0.39, 0.29) is 6.04 Å². The van der Waals surface area contributed by atoms with E-state index in [9.17, 15) is 0 Å². The summed E-state index contributed by atoms with van der Waals surface area (Å²) in [7, 11) is 0. The summed E-state index contributed by atoms with van der Waals surface area (Å²) in [5.41, 5.74) is 4.70. The predicted octanol–water partition coefficient (Wildman–Crippen LogP) is 4.84. The van der Waals surface area contributed by atoms with Gasteiger partial charge in [-0.05, 0) is 29.2 Å². The van der Waals surface area contributed by atoms with E-state index in [0.717, 1.165) is 12.1 Å². The zero-order chi connectivity index (χ0) is 15.8. The van der Waals surface area contributed by atoms with Crippen molar-refractivity contribution in [2.45, 2.75) is 13.0 Å². The third-order valence-electron chi connectivity index (χ3n) is 3.72. The lowest BCUT2D eigenvalue weighted by molar-refractivity contribution is 0.668. The lowest BCUT2D eigenvalue weighted by atomic mass is 9.97. The Hall–Kier alpha value is -2.38. The van der Waals surface area contributed by atoms with E-state index in [0.29, 0.717) is 0 Å². The number of nitrogens with one attached hydrogen (secondary N) is 1. The molecule has 2 aromatic rings. The third kappa shape index (κ3) is 4.31. The molecule has 112 valence electrons. The van der Waals surface area contributed by atoms with Gasteiger partial charge in [-0.2, -0.15) is 0 Å². The minimum atomic E-state index is 0.224. The molecular weight excluding hydrogens is 266 g/mol. The van der Waals surface area contributed by atoms with E-state index in [2.05, 4.69) is 80.0 Å². The topological polar surface area (TPSA) is 12.0 Å². The Morgan fingerprint density at radius 3 is 1.95 bits per heavy atom. The second-order valence-electron chi connectivity index (χ2n) is 5.26. The first-order chi connectivity index (χ1) is 10.7. The molecule has 0 heterocycles. The maximum Gasteiger partial charge on any atom is 0.0288 e. The summed E-state index contributed by atoms with van der Waals surface area (Å²) >= 11 is 0. The van der Waals surface area contributed by atoms with Gasteiger partial charge >= 0.3 is 0 Å². The second-order valence-corrected chi connectivity index (χ2v) is 5.26. The number of hydrogen-bond donors (Lipinski definition) is 1. The SMILES string of the molecule is C=CC(=C)C(C)NCC=C(c1ccccc1)c1ccccc1. The minimum Gasteiger partial charge on any atom is -0.307 e. The highest BCUT2D eigenvalue weighted by atomic mass is 14.9. The first kappa shape index (κ1) is 16.0. The molecule has 0 radical (unpaired) electrons. The molecule has 0 fully saturated rings. The first-order valence-corrected chi connectivity index (χ1v) is 7.58. The lowest BCUT2D eigenvalue weighted by Gasteiger charge is -2.14. The van der Waals surface area contributed by atoms with Crippen LogP contribution in [0.15, 0.2) is 91.5 Å². The molecule has 0 aromatic heterocycles. The van der Waals surface area contributed by atoms with Crippen molar-refractivity contribution in [2.24, 2.45) is 0 Å². The highest BCUT2D eigenvalue weighted by molar-refractivity contribution is 5.79. The Bertz CT molecular complexity index is 597. The normalized spacial score (nSPS) is 11.5. The van der Waals surface area contributed by atoms with E-state index < -0.39 is 0 Å². The standard InChI is InChI=1S/C21H23N/c1-4-17(2)18(3)22-16-15-21(19-11-7-5-8-12-19)20-13-9-6-10-14-20/h4-15,18,22H,1-2,16H2,3H3. The number of rotatable bonds is 7. The van der Waals surface area contributed by atoms with E-state index in [1.165, 1.54) is 16.7 Å². The molecule has 0 amide bonds. The molecule has 0 saturated carbocycles. The average molecular weight is 289 g/mol. The lowest BCUT2D eigenvalue weighted by Crippen LogP contribution is -2.27. The van der Waals surface area contributed by atoms with Gasteiger partial charge in [-0.15, -0.1) is 0 Å².